The maximum atomic E-state index is 11.1. The number of hydrogen-bond acceptors (Lipinski definition) is 6. The molecule has 2 heterocycles. The van der Waals surface area contributed by atoms with E-state index in [4.69, 9.17) is 32.5 Å². The molecule has 0 atom stereocenters. The summed E-state index contributed by atoms with van der Waals surface area (Å²) in [6, 6.07) is 21.9. The Morgan fingerprint density at radius 1 is 0.974 bits per heavy atom. The number of ether oxygens (including phenoxy) is 1. The third kappa shape index (κ3) is 5.90. The van der Waals surface area contributed by atoms with Gasteiger partial charge in [0.2, 0.25) is 0 Å². The molecule has 0 aliphatic heterocycles. The van der Waals surface area contributed by atoms with Crippen molar-refractivity contribution in [1.29, 1.82) is 0 Å². The molecule has 0 spiro atoms. The van der Waals surface area contributed by atoms with Crippen LogP contribution in [-0.2, 0) is 13.0 Å². The third-order valence-corrected chi connectivity index (χ3v) is 6.65. The second-order valence-electron chi connectivity index (χ2n) is 8.48. The number of halogens is 2. The van der Waals surface area contributed by atoms with Crippen molar-refractivity contribution in [3.05, 3.63) is 99.9 Å². The van der Waals surface area contributed by atoms with E-state index in [0.717, 1.165) is 34.3 Å². The molecule has 9 heteroatoms. The minimum absolute atomic E-state index is 0. The zero-order chi connectivity index (χ0) is 25.9. The van der Waals surface area contributed by atoms with Crippen LogP contribution in [0.3, 0.4) is 0 Å². The fourth-order valence-corrected chi connectivity index (χ4v) is 4.73. The number of aromatic carboxylic acids is 1. The van der Waals surface area contributed by atoms with Crippen molar-refractivity contribution in [1.82, 2.24) is 10.1 Å². The molecule has 6 nitrogen and oxygen atoms in total. The summed E-state index contributed by atoms with van der Waals surface area (Å²) in [4.78, 5) is 15.2. The third-order valence-electron chi connectivity index (χ3n) is 6.02. The summed E-state index contributed by atoms with van der Waals surface area (Å²) < 4.78 is 11.8. The van der Waals surface area contributed by atoms with E-state index < -0.39 is 5.97 Å². The van der Waals surface area contributed by atoms with Gasteiger partial charge in [0.15, 0.2) is 0 Å². The number of aromatic nitrogens is 2. The van der Waals surface area contributed by atoms with E-state index in [2.05, 4.69) is 17.1 Å². The van der Waals surface area contributed by atoms with Crippen molar-refractivity contribution >= 4 is 40.1 Å². The van der Waals surface area contributed by atoms with Gasteiger partial charge >= 0.3 is 29.6 Å². The zero-order valence-electron chi connectivity index (χ0n) is 20.8. The summed E-state index contributed by atoms with van der Waals surface area (Å²) in [6.07, 6.45) is 1.61. The Morgan fingerprint density at radius 2 is 1.68 bits per heavy atom. The van der Waals surface area contributed by atoms with Crippen molar-refractivity contribution in [2.45, 2.75) is 26.4 Å². The Bertz CT molecular complexity index is 1580. The van der Waals surface area contributed by atoms with E-state index in [1.807, 2.05) is 36.4 Å². The molecule has 0 unspecified atom stereocenters. The molecule has 0 radical (unpaired) electrons. The molecule has 0 aliphatic rings. The van der Waals surface area contributed by atoms with Gasteiger partial charge < -0.3 is 19.2 Å². The normalized spacial score (nSPS) is 10.8. The average Bonchev–Trinajstić information content (AvgIpc) is 3.29. The van der Waals surface area contributed by atoms with E-state index in [0.29, 0.717) is 39.0 Å². The number of benzene rings is 3. The van der Waals surface area contributed by atoms with Crippen molar-refractivity contribution < 1.29 is 48.7 Å². The SMILES string of the molecule is CCCc1onc(-c2c(Cl)cccc2Cl)c1COc1ccc(-c2ccc3nc(C(=O)[O-])ccc3c2)cc1.[Na+]. The van der Waals surface area contributed by atoms with Gasteiger partial charge in [-0.1, -0.05) is 65.6 Å². The van der Waals surface area contributed by atoms with Crippen LogP contribution >= 0.6 is 23.2 Å². The molecule has 38 heavy (non-hydrogen) atoms. The summed E-state index contributed by atoms with van der Waals surface area (Å²) in [5.41, 5.74) is 4.50. The van der Waals surface area contributed by atoms with Gasteiger partial charge in [0.1, 0.15) is 23.8 Å². The zero-order valence-corrected chi connectivity index (χ0v) is 24.3. The molecule has 0 amide bonds. The van der Waals surface area contributed by atoms with Crippen LogP contribution in [0.2, 0.25) is 10.0 Å². The molecule has 186 valence electrons. The molecule has 0 N–H and O–H groups in total. The Balaban J connectivity index is 0.00000336. The maximum absolute atomic E-state index is 11.1. The summed E-state index contributed by atoms with van der Waals surface area (Å²) in [5, 5.41) is 17.2. The number of carbonyl (C=O) groups is 1. The Hall–Kier alpha value is -2.87. The summed E-state index contributed by atoms with van der Waals surface area (Å²) in [7, 11) is 0. The van der Waals surface area contributed by atoms with Crippen LogP contribution in [0.5, 0.6) is 5.75 Å². The molecule has 2 aromatic heterocycles. The van der Waals surface area contributed by atoms with E-state index in [-0.39, 0.29) is 41.9 Å². The first kappa shape index (κ1) is 28.1. The topological polar surface area (TPSA) is 88.3 Å². The minimum atomic E-state index is -1.29. The Kier molecular flexibility index (Phi) is 9.13. The van der Waals surface area contributed by atoms with Crippen LogP contribution in [0.15, 0.2) is 77.3 Å². The van der Waals surface area contributed by atoms with Gasteiger partial charge in [0.25, 0.3) is 0 Å². The van der Waals surface area contributed by atoms with E-state index >= 15 is 0 Å². The van der Waals surface area contributed by atoms with E-state index in [9.17, 15) is 9.90 Å². The number of fused-ring (bicyclic) bond motifs is 1. The Labute approximate surface area is 251 Å². The van der Waals surface area contributed by atoms with Crippen LogP contribution in [0, 0.1) is 0 Å². The fourth-order valence-electron chi connectivity index (χ4n) is 4.15. The molecule has 0 saturated heterocycles. The molecule has 0 bridgehead atoms. The van der Waals surface area contributed by atoms with Gasteiger partial charge in [0, 0.05) is 17.4 Å². The first-order chi connectivity index (χ1) is 17.9. The number of nitrogens with zero attached hydrogens (tertiary/aromatic N) is 2. The quantitative estimate of drug-likeness (QED) is 0.271. The molecular weight excluding hydrogens is 534 g/mol. The van der Waals surface area contributed by atoms with Gasteiger partial charge in [-0.25, -0.2) is 4.98 Å². The maximum Gasteiger partial charge on any atom is 1.00 e. The van der Waals surface area contributed by atoms with Gasteiger partial charge in [-0.2, -0.15) is 0 Å². The van der Waals surface area contributed by atoms with Gasteiger partial charge in [-0.15, -0.1) is 0 Å². The second kappa shape index (κ2) is 12.3. The fraction of sp³-hybridized carbons (Fsp3) is 0.138. The van der Waals surface area contributed by atoms with Crippen LogP contribution in [0.4, 0.5) is 0 Å². The van der Waals surface area contributed by atoms with E-state index in [1.54, 1.807) is 30.3 Å². The molecule has 0 saturated carbocycles. The van der Waals surface area contributed by atoms with Crippen LogP contribution in [0.25, 0.3) is 33.3 Å². The van der Waals surface area contributed by atoms with Crippen LogP contribution < -0.4 is 39.4 Å². The summed E-state index contributed by atoms with van der Waals surface area (Å²) >= 11 is 12.9. The first-order valence-corrected chi connectivity index (χ1v) is 12.5. The number of pyridine rings is 1. The van der Waals surface area contributed by atoms with Crippen molar-refractivity contribution in [2.75, 3.05) is 0 Å². The number of hydrogen-bond donors (Lipinski definition) is 0. The smallest absolute Gasteiger partial charge is 0.543 e. The monoisotopic (exact) mass is 554 g/mol. The average molecular weight is 555 g/mol. The number of carboxylic acids is 1. The first-order valence-electron chi connectivity index (χ1n) is 11.7. The van der Waals surface area contributed by atoms with Crippen LogP contribution in [-0.4, -0.2) is 16.1 Å². The Morgan fingerprint density at radius 3 is 2.37 bits per heavy atom. The van der Waals surface area contributed by atoms with E-state index in [1.165, 1.54) is 6.07 Å². The number of aryl methyl sites for hydroxylation is 1. The molecule has 0 fully saturated rings. The second-order valence-corrected chi connectivity index (χ2v) is 9.30. The minimum Gasteiger partial charge on any atom is -0.543 e. The summed E-state index contributed by atoms with van der Waals surface area (Å²) in [6.45, 7) is 2.32. The molecule has 5 rings (SSSR count). The molecule has 5 aromatic rings. The number of rotatable bonds is 8. The largest absolute Gasteiger partial charge is 1.00 e. The predicted molar refractivity (Wildman–Crippen MR) is 142 cm³/mol. The molecular formula is C29H21Cl2N2NaO4. The van der Waals surface area contributed by atoms with Crippen molar-refractivity contribution in [3.63, 3.8) is 0 Å². The number of carboxylic acid groups (broad SMARTS) is 1. The van der Waals surface area contributed by atoms with Gasteiger partial charge in [-0.05, 0) is 60.0 Å². The predicted octanol–water partition coefficient (Wildman–Crippen LogP) is 3.76. The van der Waals surface area contributed by atoms with Gasteiger partial charge in [0.05, 0.1) is 32.8 Å². The molecule has 0 aliphatic carbocycles. The van der Waals surface area contributed by atoms with Crippen LogP contribution in [0.1, 0.15) is 35.2 Å². The standard InChI is InChI=1S/C29H22Cl2N2O4.Na/c1-2-4-26-21(28(33-37-26)27-22(30)5-3-6-23(27)31)16-36-20-11-7-17(8-12-20)18-9-13-24-19(15-18)10-14-25(32-24)29(34)35;/h3,5-15H,2,4,16H2,1H3,(H,34,35);/q;+1/p-1. The summed E-state index contributed by atoms with van der Waals surface area (Å²) in [5.74, 6) is 0.137. The number of carbonyl (C=O) groups excluding carboxylic acids is 1. The van der Waals surface area contributed by atoms with Crippen molar-refractivity contribution in [2.24, 2.45) is 0 Å². The van der Waals surface area contributed by atoms with Crippen molar-refractivity contribution in [3.8, 4) is 28.1 Å². The van der Waals surface area contributed by atoms with Gasteiger partial charge in [-0.3, -0.25) is 0 Å². The molecule has 3 aromatic carbocycles.